The highest BCUT2D eigenvalue weighted by atomic mass is 19.4. The van der Waals surface area contributed by atoms with Gasteiger partial charge in [-0.05, 0) is 61.0 Å². The number of hydrogen-bond acceptors (Lipinski definition) is 7. The normalized spacial score (nSPS) is 16.4. The van der Waals surface area contributed by atoms with E-state index in [1.165, 1.54) is 18.5 Å². The van der Waals surface area contributed by atoms with E-state index in [4.69, 9.17) is 10.00 Å². The summed E-state index contributed by atoms with van der Waals surface area (Å²) in [5.74, 6) is 0.0598. The van der Waals surface area contributed by atoms with Crippen LogP contribution in [0.1, 0.15) is 42.0 Å². The Kier molecular flexibility index (Phi) is 12.2. The van der Waals surface area contributed by atoms with Gasteiger partial charge in [0.1, 0.15) is 6.34 Å². The van der Waals surface area contributed by atoms with Crippen LogP contribution < -0.4 is 10.2 Å². The van der Waals surface area contributed by atoms with Crippen LogP contribution in [-0.2, 0) is 28.5 Å². The van der Waals surface area contributed by atoms with Crippen molar-refractivity contribution in [2.75, 3.05) is 69.2 Å². The number of nitrogens with zero attached hydrogens (tertiary/aromatic N) is 6. The average Bonchev–Trinajstić information content (AvgIpc) is 3.05. The summed E-state index contributed by atoms with van der Waals surface area (Å²) in [5.41, 5.74) is -0.815. The Morgan fingerprint density at radius 1 is 1.04 bits per heavy atom. The van der Waals surface area contributed by atoms with Crippen molar-refractivity contribution in [3.8, 4) is 6.07 Å². The minimum Gasteiger partial charge on any atom is -0.381 e. The van der Waals surface area contributed by atoms with E-state index >= 15 is 0 Å². The summed E-state index contributed by atoms with van der Waals surface area (Å²) >= 11 is 0. The van der Waals surface area contributed by atoms with E-state index in [2.05, 4.69) is 26.9 Å². The van der Waals surface area contributed by atoms with Crippen LogP contribution in [0.3, 0.4) is 0 Å². The third-order valence-electron chi connectivity index (χ3n) is 8.25. The highest BCUT2D eigenvalue weighted by Gasteiger charge is 2.35. The van der Waals surface area contributed by atoms with Crippen molar-refractivity contribution in [2.24, 2.45) is 9.98 Å². The van der Waals surface area contributed by atoms with Gasteiger partial charge in [-0.1, -0.05) is 6.07 Å². The number of alkyl halides is 6. The van der Waals surface area contributed by atoms with E-state index < -0.39 is 29.0 Å². The summed E-state index contributed by atoms with van der Waals surface area (Å²) in [7, 11) is 0. The van der Waals surface area contributed by atoms with Crippen molar-refractivity contribution in [1.29, 1.82) is 5.26 Å². The molecule has 1 amide bonds. The summed E-state index contributed by atoms with van der Waals surface area (Å²) in [5, 5.41) is 12.0. The molecule has 1 N–H and O–H groups in total. The molecule has 48 heavy (non-hydrogen) atoms. The summed E-state index contributed by atoms with van der Waals surface area (Å²) in [6, 6.07) is 8.99. The number of rotatable bonds is 12. The van der Waals surface area contributed by atoms with Crippen LogP contribution >= 0.6 is 0 Å². The van der Waals surface area contributed by atoms with Crippen LogP contribution in [0.4, 0.5) is 37.7 Å². The third kappa shape index (κ3) is 9.80. The van der Waals surface area contributed by atoms with Gasteiger partial charge >= 0.3 is 12.4 Å². The van der Waals surface area contributed by atoms with Gasteiger partial charge in [0.25, 0.3) is 0 Å². The van der Waals surface area contributed by atoms with Gasteiger partial charge in [-0.15, -0.1) is 0 Å². The zero-order valence-corrected chi connectivity index (χ0v) is 26.5. The van der Waals surface area contributed by atoms with Crippen molar-refractivity contribution in [3.05, 3.63) is 69.9 Å². The maximum atomic E-state index is 14.1. The number of carbonyl (C=O) groups is 1. The van der Waals surface area contributed by atoms with Crippen molar-refractivity contribution in [1.82, 2.24) is 9.80 Å². The second-order valence-corrected chi connectivity index (χ2v) is 11.5. The number of benzene rings is 2. The molecule has 0 aromatic heterocycles. The van der Waals surface area contributed by atoms with Gasteiger partial charge in [-0.25, -0.2) is 4.99 Å². The number of nitrogens with one attached hydrogen (secondary N) is 1. The van der Waals surface area contributed by atoms with Crippen molar-refractivity contribution < 1.29 is 35.9 Å². The van der Waals surface area contributed by atoms with Gasteiger partial charge in [-0.2, -0.15) is 31.6 Å². The second-order valence-electron chi connectivity index (χ2n) is 11.5. The Hall–Kier alpha value is -4.42. The molecule has 0 atom stereocenters. The molecule has 15 heteroatoms. The van der Waals surface area contributed by atoms with E-state index in [-0.39, 0.29) is 43.5 Å². The minimum atomic E-state index is -4.72. The Labute approximate surface area is 275 Å². The van der Waals surface area contributed by atoms with E-state index in [9.17, 15) is 31.1 Å². The molecule has 0 saturated carbocycles. The van der Waals surface area contributed by atoms with Gasteiger partial charge in [-0.3, -0.25) is 14.7 Å². The number of piperazine rings is 1. The number of ether oxygens (including phenoxy) is 1. The van der Waals surface area contributed by atoms with Crippen molar-refractivity contribution >= 4 is 30.3 Å². The van der Waals surface area contributed by atoms with E-state index in [1.807, 2.05) is 0 Å². The first-order chi connectivity index (χ1) is 22.8. The quantitative estimate of drug-likeness (QED) is 0.129. The maximum absolute atomic E-state index is 14.1. The molecule has 0 radical (unpaired) electrons. The maximum Gasteiger partial charge on any atom is 0.418 e. The summed E-state index contributed by atoms with van der Waals surface area (Å²) in [6.45, 7) is 9.33. The largest absolute Gasteiger partial charge is 0.418 e. The third-order valence-corrected chi connectivity index (χ3v) is 8.25. The fourth-order valence-electron chi connectivity index (χ4n) is 5.64. The predicted molar refractivity (Wildman–Crippen MR) is 171 cm³/mol. The SMILES string of the molecule is C=NC=NC1=C(CNc2ccc(COCCCN3CCN(C(C)=O)CC3)cc2C(F)(F)F)CCN(c2ccc(C#N)c(C(F)(F)F)c2)C1. The second kappa shape index (κ2) is 16.1. The lowest BCUT2D eigenvalue weighted by atomic mass is 10.0. The fourth-order valence-corrected chi connectivity index (χ4v) is 5.64. The number of nitriles is 1. The molecule has 2 aromatic carbocycles. The van der Waals surface area contributed by atoms with E-state index in [0.29, 0.717) is 49.4 Å². The Bertz CT molecular complexity index is 1560. The van der Waals surface area contributed by atoms with E-state index in [0.717, 1.165) is 37.8 Å². The first-order valence-corrected chi connectivity index (χ1v) is 15.3. The average molecular weight is 678 g/mol. The lowest BCUT2D eigenvalue weighted by Gasteiger charge is -2.34. The first kappa shape index (κ1) is 36.4. The molecule has 0 aliphatic carbocycles. The molecule has 1 fully saturated rings. The Morgan fingerprint density at radius 3 is 2.42 bits per heavy atom. The highest BCUT2D eigenvalue weighted by Crippen LogP contribution is 2.37. The first-order valence-electron chi connectivity index (χ1n) is 15.3. The zero-order chi connectivity index (χ0) is 34.9. The highest BCUT2D eigenvalue weighted by molar-refractivity contribution is 5.73. The minimum absolute atomic E-state index is 0.0123. The lowest BCUT2D eigenvalue weighted by molar-refractivity contribution is -0.138. The molecule has 0 unspecified atom stereocenters. The zero-order valence-electron chi connectivity index (χ0n) is 26.5. The molecular formula is C33H37F6N7O2. The molecular weight excluding hydrogens is 640 g/mol. The smallest absolute Gasteiger partial charge is 0.381 e. The fraction of sp³-hybridized carbons (Fsp3) is 0.455. The molecule has 4 rings (SSSR count). The topological polar surface area (TPSA) is 96.6 Å². The standard InChI is InChI=1S/C33H37F6N7O2/c1-23(47)45-13-11-44(12-14-45)9-3-15-48-21-24-4-7-30(29(16-24)33(37,38)39)42-19-26-8-10-46(20-31(26)43-22-41-2)27-6-5-25(18-40)28(17-27)32(34,35)36/h4-7,16-17,22,42H,2-3,8-15,19-21H2,1H3. The molecule has 2 aliphatic heterocycles. The molecule has 258 valence electrons. The van der Waals surface area contributed by atoms with Gasteiger partial charge in [0.2, 0.25) is 5.91 Å². The van der Waals surface area contributed by atoms with Crippen LogP contribution in [0, 0.1) is 11.3 Å². The van der Waals surface area contributed by atoms with Gasteiger partial charge in [0.15, 0.2) is 0 Å². The molecule has 2 aliphatic rings. The number of anilines is 2. The molecule has 9 nitrogen and oxygen atoms in total. The molecule has 0 bridgehead atoms. The predicted octanol–water partition coefficient (Wildman–Crippen LogP) is 5.97. The summed E-state index contributed by atoms with van der Waals surface area (Å²) in [6.07, 6.45) is -7.18. The van der Waals surface area contributed by atoms with Gasteiger partial charge in [0, 0.05) is 70.7 Å². The Balaban J connectivity index is 1.39. The number of carbonyl (C=O) groups excluding carboxylic acids is 1. The number of halogens is 6. The number of hydrogen-bond donors (Lipinski definition) is 1. The summed E-state index contributed by atoms with van der Waals surface area (Å²) in [4.78, 5) is 25.0. The Morgan fingerprint density at radius 2 is 1.77 bits per heavy atom. The van der Waals surface area contributed by atoms with Crippen LogP contribution in [0.5, 0.6) is 0 Å². The number of aliphatic imine (C=N–C) groups is 2. The molecule has 0 spiro atoms. The lowest BCUT2D eigenvalue weighted by Crippen LogP contribution is -2.48. The van der Waals surface area contributed by atoms with Crippen LogP contribution in [0.15, 0.2) is 57.7 Å². The van der Waals surface area contributed by atoms with Crippen molar-refractivity contribution in [3.63, 3.8) is 0 Å². The molecule has 2 heterocycles. The van der Waals surface area contributed by atoms with Gasteiger partial charge < -0.3 is 19.9 Å². The monoisotopic (exact) mass is 677 g/mol. The molecule has 2 aromatic rings. The summed E-state index contributed by atoms with van der Waals surface area (Å²) < 4.78 is 88.6. The van der Waals surface area contributed by atoms with Gasteiger partial charge in [0.05, 0.1) is 41.6 Å². The van der Waals surface area contributed by atoms with Crippen LogP contribution in [-0.4, -0.2) is 87.7 Å². The van der Waals surface area contributed by atoms with Crippen LogP contribution in [0.2, 0.25) is 0 Å². The number of amides is 1. The van der Waals surface area contributed by atoms with E-state index in [1.54, 1.807) is 28.9 Å². The molecule has 1 saturated heterocycles. The van der Waals surface area contributed by atoms with Crippen molar-refractivity contribution in [2.45, 2.75) is 38.7 Å². The van der Waals surface area contributed by atoms with Crippen LogP contribution in [0.25, 0.3) is 0 Å².